The first-order valence-corrected chi connectivity index (χ1v) is 9.20. The van der Waals surface area contributed by atoms with E-state index in [9.17, 15) is 9.59 Å². The first-order chi connectivity index (χ1) is 12.0. The molecular formula is C18H27N3O4. The lowest BCUT2D eigenvalue weighted by Gasteiger charge is -2.23. The van der Waals surface area contributed by atoms with Gasteiger partial charge >= 0.3 is 0 Å². The molecule has 2 aliphatic heterocycles. The molecule has 1 aromatic heterocycles. The molecule has 0 spiro atoms. The second kappa shape index (κ2) is 7.99. The fourth-order valence-electron chi connectivity index (χ4n) is 3.40. The van der Waals surface area contributed by atoms with Gasteiger partial charge in [-0.25, -0.2) is 0 Å². The van der Waals surface area contributed by atoms with E-state index in [1.807, 2.05) is 4.90 Å². The summed E-state index contributed by atoms with van der Waals surface area (Å²) in [5.74, 6) is 0.665. The minimum Gasteiger partial charge on any atom is -0.368 e. The maximum atomic E-state index is 12.6. The van der Waals surface area contributed by atoms with E-state index in [0.717, 1.165) is 31.4 Å². The standard InChI is InChI=1S/C18H27N3O4/c1-13(2)11-14-12-16(25-19-14)18(23)21-7-4-6-20(8-9-21)17(22)15-5-3-10-24-15/h12-13,15H,3-11H2,1-2H3. The predicted molar refractivity (Wildman–Crippen MR) is 91.1 cm³/mol. The minimum absolute atomic E-state index is 0.0608. The van der Waals surface area contributed by atoms with Gasteiger partial charge in [-0.1, -0.05) is 19.0 Å². The summed E-state index contributed by atoms with van der Waals surface area (Å²) in [6.45, 7) is 7.20. The van der Waals surface area contributed by atoms with Crippen molar-refractivity contribution in [2.45, 2.75) is 45.6 Å². The topological polar surface area (TPSA) is 75.9 Å². The van der Waals surface area contributed by atoms with Gasteiger partial charge < -0.3 is 19.1 Å². The molecule has 2 aliphatic rings. The van der Waals surface area contributed by atoms with Gasteiger partial charge in [-0.05, 0) is 31.6 Å². The lowest BCUT2D eigenvalue weighted by atomic mass is 10.1. The molecule has 3 heterocycles. The van der Waals surface area contributed by atoms with Crippen molar-refractivity contribution in [2.75, 3.05) is 32.8 Å². The maximum Gasteiger partial charge on any atom is 0.292 e. The van der Waals surface area contributed by atoms with Gasteiger partial charge in [0.25, 0.3) is 11.8 Å². The van der Waals surface area contributed by atoms with E-state index in [-0.39, 0.29) is 23.7 Å². The van der Waals surface area contributed by atoms with Crippen molar-refractivity contribution in [1.82, 2.24) is 15.0 Å². The molecule has 0 aliphatic carbocycles. The number of hydrogen-bond donors (Lipinski definition) is 0. The molecule has 0 bridgehead atoms. The Bertz CT molecular complexity index is 607. The highest BCUT2D eigenvalue weighted by Gasteiger charge is 2.30. The number of rotatable bonds is 4. The number of nitrogens with zero attached hydrogens (tertiary/aromatic N) is 3. The molecule has 7 heteroatoms. The molecule has 1 unspecified atom stereocenters. The molecule has 7 nitrogen and oxygen atoms in total. The summed E-state index contributed by atoms with van der Waals surface area (Å²) in [6.07, 6.45) is 3.00. The van der Waals surface area contributed by atoms with Gasteiger partial charge in [0.15, 0.2) is 0 Å². The molecular weight excluding hydrogens is 322 g/mol. The smallest absolute Gasteiger partial charge is 0.292 e. The lowest BCUT2D eigenvalue weighted by molar-refractivity contribution is -0.140. The van der Waals surface area contributed by atoms with Gasteiger partial charge in [0.1, 0.15) is 6.10 Å². The van der Waals surface area contributed by atoms with E-state index < -0.39 is 0 Å². The Morgan fingerprint density at radius 3 is 2.68 bits per heavy atom. The summed E-state index contributed by atoms with van der Waals surface area (Å²) >= 11 is 0. The van der Waals surface area contributed by atoms with E-state index in [0.29, 0.717) is 38.7 Å². The summed E-state index contributed by atoms with van der Waals surface area (Å²) in [5.41, 5.74) is 0.809. The average molecular weight is 349 g/mol. The Morgan fingerprint density at radius 2 is 1.96 bits per heavy atom. The molecule has 0 aromatic carbocycles. The summed E-state index contributed by atoms with van der Waals surface area (Å²) in [6, 6.07) is 1.74. The van der Waals surface area contributed by atoms with Crippen molar-refractivity contribution in [3.63, 3.8) is 0 Å². The molecule has 2 amide bonds. The van der Waals surface area contributed by atoms with E-state index in [1.54, 1.807) is 11.0 Å². The van der Waals surface area contributed by atoms with Gasteiger partial charge in [-0.3, -0.25) is 9.59 Å². The second-order valence-electron chi connectivity index (χ2n) is 7.25. The van der Waals surface area contributed by atoms with Gasteiger partial charge in [-0.2, -0.15) is 0 Å². The third-order valence-electron chi connectivity index (χ3n) is 4.69. The minimum atomic E-state index is -0.296. The van der Waals surface area contributed by atoms with E-state index >= 15 is 0 Å². The molecule has 0 saturated carbocycles. The van der Waals surface area contributed by atoms with Crippen LogP contribution >= 0.6 is 0 Å². The van der Waals surface area contributed by atoms with Crippen LogP contribution in [0.5, 0.6) is 0 Å². The van der Waals surface area contributed by atoms with Crippen LogP contribution < -0.4 is 0 Å². The molecule has 3 rings (SSSR count). The molecule has 1 atom stereocenters. The van der Waals surface area contributed by atoms with Crippen LogP contribution in [-0.4, -0.2) is 65.7 Å². The van der Waals surface area contributed by atoms with Crippen LogP contribution in [0.2, 0.25) is 0 Å². The quantitative estimate of drug-likeness (QED) is 0.827. The summed E-state index contributed by atoms with van der Waals surface area (Å²) in [5, 5.41) is 3.99. The molecule has 0 N–H and O–H groups in total. The number of amides is 2. The Kier molecular flexibility index (Phi) is 5.73. The first-order valence-electron chi connectivity index (χ1n) is 9.20. The number of carbonyl (C=O) groups is 2. The second-order valence-corrected chi connectivity index (χ2v) is 7.25. The highest BCUT2D eigenvalue weighted by molar-refractivity contribution is 5.91. The maximum absolute atomic E-state index is 12.6. The first kappa shape index (κ1) is 17.9. The largest absolute Gasteiger partial charge is 0.368 e. The van der Waals surface area contributed by atoms with Crippen molar-refractivity contribution in [1.29, 1.82) is 0 Å². The van der Waals surface area contributed by atoms with E-state index in [4.69, 9.17) is 9.26 Å². The van der Waals surface area contributed by atoms with Crippen LogP contribution in [0.4, 0.5) is 0 Å². The number of hydrogen-bond acceptors (Lipinski definition) is 5. The van der Waals surface area contributed by atoms with Crippen molar-refractivity contribution in [3.05, 3.63) is 17.5 Å². The molecule has 2 fully saturated rings. The summed E-state index contributed by atoms with van der Waals surface area (Å²) < 4.78 is 10.7. The molecule has 0 radical (unpaired) electrons. The summed E-state index contributed by atoms with van der Waals surface area (Å²) in [7, 11) is 0. The van der Waals surface area contributed by atoms with Crippen molar-refractivity contribution < 1.29 is 18.8 Å². The Labute approximate surface area is 148 Å². The van der Waals surface area contributed by atoms with Gasteiger partial charge in [0, 0.05) is 38.9 Å². The van der Waals surface area contributed by atoms with E-state index in [2.05, 4.69) is 19.0 Å². The van der Waals surface area contributed by atoms with Gasteiger partial charge in [0.2, 0.25) is 5.76 Å². The molecule has 25 heavy (non-hydrogen) atoms. The van der Waals surface area contributed by atoms with Crippen molar-refractivity contribution in [3.8, 4) is 0 Å². The zero-order chi connectivity index (χ0) is 17.8. The molecule has 138 valence electrons. The number of aromatic nitrogens is 1. The SMILES string of the molecule is CC(C)Cc1cc(C(=O)N2CCCN(C(=O)C3CCCO3)CC2)on1. The monoisotopic (exact) mass is 349 g/mol. The Hall–Kier alpha value is -1.89. The highest BCUT2D eigenvalue weighted by atomic mass is 16.5. The van der Waals surface area contributed by atoms with Crippen LogP contribution in [0.15, 0.2) is 10.6 Å². The van der Waals surface area contributed by atoms with Gasteiger partial charge in [0.05, 0.1) is 5.69 Å². The van der Waals surface area contributed by atoms with Crippen LogP contribution in [0.25, 0.3) is 0 Å². The average Bonchev–Trinajstić information content (AvgIpc) is 3.20. The predicted octanol–water partition coefficient (Wildman–Crippen LogP) is 1.73. The third kappa shape index (κ3) is 4.39. The molecule has 2 saturated heterocycles. The third-order valence-corrected chi connectivity index (χ3v) is 4.69. The fourth-order valence-corrected chi connectivity index (χ4v) is 3.40. The van der Waals surface area contributed by atoms with Crippen LogP contribution in [0.3, 0.4) is 0 Å². The highest BCUT2D eigenvalue weighted by Crippen LogP contribution is 2.17. The van der Waals surface area contributed by atoms with Crippen LogP contribution in [-0.2, 0) is 16.0 Å². The fraction of sp³-hybridized carbons (Fsp3) is 0.722. The normalized spacial score (nSPS) is 21.6. The Morgan fingerprint density at radius 1 is 1.20 bits per heavy atom. The summed E-state index contributed by atoms with van der Waals surface area (Å²) in [4.78, 5) is 28.7. The zero-order valence-corrected chi connectivity index (χ0v) is 15.1. The van der Waals surface area contributed by atoms with Crippen molar-refractivity contribution >= 4 is 11.8 Å². The lowest BCUT2D eigenvalue weighted by Crippen LogP contribution is -2.41. The Balaban J connectivity index is 1.57. The number of carbonyl (C=O) groups excluding carboxylic acids is 2. The zero-order valence-electron chi connectivity index (χ0n) is 15.1. The van der Waals surface area contributed by atoms with Gasteiger partial charge in [-0.15, -0.1) is 0 Å². The van der Waals surface area contributed by atoms with E-state index in [1.165, 1.54) is 0 Å². The van der Waals surface area contributed by atoms with Crippen molar-refractivity contribution in [2.24, 2.45) is 5.92 Å². The molecule has 1 aromatic rings. The van der Waals surface area contributed by atoms with Crippen LogP contribution in [0, 0.1) is 5.92 Å². The van der Waals surface area contributed by atoms with Crippen LogP contribution in [0.1, 0.15) is 49.4 Å². The number of ether oxygens (including phenoxy) is 1.